The monoisotopic (exact) mass is 360 g/mol. The number of carbonyl (C=O) groups excluding carboxylic acids is 1. The maximum Gasteiger partial charge on any atom is 0.258 e. The first-order valence-electron chi connectivity index (χ1n) is 4.57. The van der Waals surface area contributed by atoms with E-state index in [1.165, 1.54) is 12.4 Å². The fourth-order valence-corrected chi connectivity index (χ4v) is 1.63. The second-order valence-corrected chi connectivity index (χ2v) is 4.62. The highest BCUT2D eigenvalue weighted by Gasteiger charge is 2.09. The molecule has 0 spiro atoms. The third kappa shape index (κ3) is 3.10. The van der Waals surface area contributed by atoms with Crippen molar-refractivity contribution < 1.29 is 4.79 Å². The van der Waals surface area contributed by atoms with Crippen molar-refractivity contribution in [3.05, 3.63) is 44.7 Å². The fraction of sp³-hybridized carbons (Fsp3) is 0. The molecule has 0 radical (unpaired) electrons. The Kier molecular flexibility index (Phi) is 3.85. The van der Waals surface area contributed by atoms with Crippen LogP contribution in [0.15, 0.2) is 30.6 Å². The molecule has 7 heteroatoms. The molecule has 2 aromatic rings. The number of nitrogens with one attached hydrogen (secondary N) is 1. The van der Waals surface area contributed by atoms with Crippen LogP contribution in [0.5, 0.6) is 0 Å². The van der Waals surface area contributed by atoms with Gasteiger partial charge in [0, 0.05) is 9.13 Å². The van der Waals surface area contributed by atoms with Crippen molar-refractivity contribution in [1.29, 1.82) is 0 Å². The predicted molar refractivity (Wildman–Crippen MR) is 71.9 cm³/mol. The molecular formula is C10H6ClIN4O. The molecule has 0 saturated carbocycles. The number of benzene rings is 1. The van der Waals surface area contributed by atoms with E-state index in [1.807, 2.05) is 0 Å². The van der Waals surface area contributed by atoms with Gasteiger partial charge in [0.1, 0.15) is 0 Å². The van der Waals surface area contributed by atoms with Gasteiger partial charge < -0.3 is 0 Å². The zero-order chi connectivity index (χ0) is 12.3. The topological polar surface area (TPSA) is 67.8 Å². The van der Waals surface area contributed by atoms with Crippen LogP contribution in [-0.2, 0) is 0 Å². The Morgan fingerprint density at radius 1 is 1.35 bits per heavy atom. The fourth-order valence-electron chi connectivity index (χ4n) is 1.12. The highest BCUT2D eigenvalue weighted by molar-refractivity contribution is 14.1. The van der Waals surface area contributed by atoms with E-state index in [0.717, 1.165) is 3.57 Å². The van der Waals surface area contributed by atoms with E-state index >= 15 is 0 Å². The molecule has 0 aliphatic rings. The van der Waals surface area contributed by atoms with Gasteiger partial charge in [-0.1, -0.05) is 11.6 Å². The molecule has 1 aromatic heterocycles. The largest absolute Gasteiger partial charge is 0.289 e. The zero-order valence-electron chi connectivity index (χ0n) is 8.39. The Bertz CT molecular complexity index is 549. The van der Waals surface area contributed by atoms with Crippen LogP contribution in [0, 0.1) is 3.57 Å². The van der Waals surface area contributed by atoms with Gasteiger partial charge in [0.15, 0.2) is 0 Å². The number of nitrogens with zero attached hydrogens (tertiary/aromatic N) is 3. The summed E-state index contributed by atoms with van der Waals surface area (Å²) < 4.78 is 0.887. The zero-order valence-corrected chi connectivity index (χ0v) is 11.3. The van der Waals surface area contributed by atoms with Crippen LogP contribution >= 0.6 is 34.2 Å². The highest BCUT2D eigenvalue weighted by atomic mass is 127. The van der Waals surface area contributed by atoms with Crippen LogP contribution in [0.3, 0.4) is 0 Å². The molecule has 17 heavy (non-hydrogen) atoms. The van der Waals surface area contributed by atoms with Crippen molar-refractivity contribution in [3.63, 3.8) is 0 Å². The van der Waals surface area contributed by atoms with Gasteiger partial charge in [-0.3, -0.25) is 10.1 Å². The van der Waals surface area contributed by atoms with E-state index in [4.69, 9.17) is 11.6 Å². The summed E-state index contributed by atoms with van der Waals surface area (Å²) in [5, 5.41) is 10.3. The van der Waals surface area contributed by atoms with Crippen LogP contribution in [0.2, 0.25) is 5.02 Å². The summed E-state index contributed by atoms with van der Waals surface area (Å²) in [6.07, 6.45) is 2.88. The maximum absolute atomic E-state index is 11.8. The third-order valence-corrected chi connectivity index (χ3v) is 3.46. The Hall–Kier alpha value is -1.28. The van der Waals surface area contributed by atoms with E-state index in [2.05, 4.69) is 43.1 Å². The molecular weight excluding hydrogens is 354 g/mol. The van der Waals surface area contributed by atoms with Crippen LogP contribution in [0.1, 0.15) is 10.4 Å². The van der Waals surface area contributed by atoms with Gasteiger partial charge >= 0.3 is 0 Å². The molecule has 0 bridgehead atoms. The highest BCUT2D eigenvalue weighted by Crippen LogP contribution is 2.19. The lowest BCUT2D eigenvalue weighted by Crippen LogP contribution is -2.14. The molecule has 1 amide bonds. The number of halogens is 2. The second-order valence-electron chi connectivity index (χ2n) is 3.05. The minimum absolute atomic E-state index is 0.159. The minimum atomic E-state index is -0.323. The van der Waals surface area contributed by atoms with Gasteiger partial charge in [-0.25, -0.2) is 4.98 Å². The van der Waals surface area contributed by atoms with Gasteiger partial charge in [0.05, 0.1) is 17.4 Å². The van der Waals surface area contributed by atoms with E-state index in [1.54, 1.807) is 18.2 Å². The first kappa shape index (κ1) is 12.2. The van der Waals surface area contributed by atoms with Crippen LogP contribution in [0.4, 0.5) is 5.95 Å². The SMILES string of the molecule is O=C(Nc1nccnn1)c1ccc(I)c(Cl)c1. The summed E-state index contributed by atoms with van der Waals surface area (Å²) in [4.78, 5) is 15.6. The molecule has 0 aliphatic carbocycles. The van der Waals surface area contributed by atoms with Gasteiger partial charge in [0.25, 0.3) is 5.91 Å². The molecule has 1 N–H and O–H groups in total. The Labute approximate surface area is 116 Å². The van der Waals surface area contributed by atoms with Crippen molar-refractivity contribution in [2.45, 2.75) is 0 Å². The number of hydrogen-bond donors (Lipinski definition) is 1. The maximum atomic E-state index is 11.8. The molecule has 1 heterocycles. The van der Waals surface area contributed by atoms with Crippen molar-refractivity contribution in [2.75, 3.05) is 5.32 Å². The molecule has 86 valence electrons. The summed E-state index contributed by atoms with van der Waals surface area (Å²) in [6, 6.07) is 5.04. The quantitative estimate of drug-likeness (QED) is 0.835. The summed E-state index contributed by atoms with van der Waals surface area (Å²) in [5.74, 6) is -0.163. The smallest absolute Gasteiger partial charge is 0.258 e. The summed E-state index contributed by atoms with van der Waals surface area (Å²) >= 11 is 8.02. The number of hydrogen-bond acceptors (Lipinski definition) is 4. The van der Waals surface area contributed by atoms with Crippen molar-refractivity contribution in [2.24, 2.45) is 0 Å². The number of amides is 1. The number of carbonyl (C=O) groups is 1. The van der Waals surface area contributed by atoms with Crippen molar-refractivity contribution >= 4 is 46.0 Å². The van der Waals surface area contributed by atoms with Gasteiger partial charge in [-0.05, 0) is 40.8 Å². The van der Waals surface area contributed by atoms with Crippen LogP contribution < -0.4 is 5.32 Å². The lowest BCUT2D eigenvalue weighted by atomic mass is 10.2. The van der Waals surface area contributed by atoms with Crippen LogP contribution in [0.25, 0.3) is 0 Å². The van der Waals surface area contributed by atoms with Crippen LogP contribution in [-0.4, -0.2) is 21.1 Å². The average molecular weight is 361 g/mol. The third-order valence-electron chi connectivity index (χ3n) is 1.89. The molecule has 0 aliphatic heterocycles. The number of anilines is 1. The molecule has 0 saturated heterocycles. The van der Waals surface area contributed by atoms with Gasteiger partial charge in [-0.2, -0.15) is 5.10 Å². The first-order valence-corrected chi connectivity index (χ1v) is 6.02. The summed E-state index contributed by atoms with van der Waals surface area (Å²) in [6.45, 7) is 0. The molecule has 2 rings (SSSR count). The van der Waals surface area contributed by atoms with Crippen molar-refractivity contribution in [3.8, 4) is 0 Å². The molecule has 0 fully saturated rings. The Balaban J connectivity index is 2.18. The molecule has 0 atom stereocenters. The predicted octanol–water partition coefficient (Wildman–Crippen LogP) is 2.38. The molecule has 5 nitrogen and oxygen atoms in total. The Morgan fingerprint density at radius 2 is 2.18 bits per heavy atom. The average Bonchev–Trinajstić information content (AvgIpc) is 2.34. The summed E-state index contributed by atoms with van der Waals surface area (Å²) in [7, 11) is 0. The van der Waals surface area contributed by atoms with E-state index < -0.39 is 0 Å². The first-order chi connectivity index (χ1) is 8.16. The number of rotatable bonds is 2. The lowest BCUT2D eigenvalue weighted by molar-refractivity contribution is 0.102. The Morgan fingerprint density at radius 3 is 2.82 bits per heavy atom. The standard InChI is InChI=1S/C10H6ClIN4O/c11-7-5-6(1-2-8(7)12)9(17)15-10-13-3-4-14-16-10/h1-5H,(H,13,15,16,17). The minimum Gasteiger partial charge on any atom is -0.289 e. The van der Waals surface area contributed by atoms with E-state index in [9.17, 15) is 4.79 Å². The van der Waals surface area contributed by atoms with Gasteiger partial charge in [-0.15, -0.1) is 5.10 Å². The molecule has 1 aromatic carbocycles. The normalized spacial score (nSPS) is 10.0. The molecule has 0 unspecified atom stereocenters. The van der Waals surface area contributed by atoms with E-state index in [-0.39, 0.29) is 11.9 Å². The van der Waals surface area contributed by atoms with Crippen molar-refractivity contribution in [1.82, 2.24) is 15.2 Å². The van der Waals surface area contributed by atoms with Gasteiger partial charge in [0.2, 0.25) is 5.95 Å². The van der Waals surface area contributed by atoms with E-state index in [0.29, 0.717) is 10.6 Å². The summed E-state index contributed by atoms with van der Waals surface area (Å²) in [5.41, 5.74) is 0.447. The number of aromatic nitrogens is 3. The second kappa shape index (κ2) is 5.37. The lowest BCUT2D eigenvalue weighted by Gasteiger charge is -2.03.